The Hall–Kier alpha value is -3.60. The van der Waals surface area contributed by atoms with E-state index in [1.807, 2.05) is 6.07 Å². The molecule has 172 valence electrons. The molecule has 6 rings (SSSR count). The average Bonchev–Trinajstić information content (AvgIpc) is 3.36. The lowest BCUT2D eigenvalue weighted by molar-refractivity contribution is 0.200. The second kappa shape index (κ2) is 8.64. The summed E-state index contributed by atoms with van der Waals surface area (Å²) < 4.78 is 6.31. The molecule has 0 saturated heterocycles. The van der Waals surface area contributed by atoms with Gasteiger partial charge in [-0.25, -0.2) is 4.98 Å². The fraction of sp³-hybridized carbons (Fsp3) is 0.310. The predicted octanol–water partition coefficient (Wildman–Crippen LogP) is 6.04. The molecule has 0 radical (unpaired) electrons. The van der Waals surface area contributed by atoms with Crippen LogP contribution in [-0.4, -0.2) is 26.3 Å². The lowest BCUT2D eigenvalue weighted by Crippen LogP contribution is -2.28. The molecule has 3 aromatic rings. The molecule has 3 atom stereocenters. The first kappa shape index (κ1) is 21.0. The molecule has 5 nitrogen and oxygen atoms in total. The quantitative estimate of drug-likeness (QED) is 0.505. The number of hydrogen-bond donors (Lipinski definition) is 2. The zero-order valence-corrected chi connectivity index (χ0v) is 19.0. The minimum atomic E-state index is -0.0451. The van der Waals surface area contributed by atoms with Crippen molar-refractivity contribution in [1.29, 1.82) is 0 Å². The Kier molecular flexibility index (Phi) is 5.33. The summed E-state index contributed by atoms with van der Waals surface area (Å²) in [7, 11) is 0. The zero-order valence-electron chi connectivity index (χ0n) is 19.0. The maximum Gasteiger partial charge on any atom is 0.217 e. The molecule has 3 aliphatic rings. The van der Waals surface area contributed by atoms with Crippen LogP contribution in [-0.2, 0) is 6.42 Å². The van der Waals surface area contributed by atoms with E-state index in [0.29, 0.717) is 11.7 Å². The van der Waals surface area contributed by atoms with Gasteiger partial charge in [-0.05, 0) is 61.3 Å². The maximum atomic E-state index is 10.5. The van der Waals surface area contributed by atoms with E-state index in [0.717, 1.165) is 37.8 Å². The fourth-order valence-corrected chi connectivity index (χ4v) is 5.78. The number of phenolic OH excluding ortho intramolecular Hbond substituents is 2. The first-order valence-corrected chi connectivity index (χ1v) is 12.2. The third-order valence-corrected chi connectivity index (χ3v) is 7.43. The molecule has 3 aliphatic carbocycles. The van der Waals surface area contributed by atoms with Gasteiger partial charge in [-0.1, -0.05) is 54.6 Å². The number of benzene rings is 2. The molecule has 34 heavy (non-hydrogen) atoms. The number of allylic oxidation sites excluding steroid dienone is 4. The highest BCUT2D eigenvalue weighted by Crippen LogP contribution is 2.48. The zero-order chi connectivity index (χ0) is 23.1. The molecule has 0 aliphatic heterocycles. The molecule has 1 heterocycles. The van der Waals surface area contributed by atoms with E-state index in [4.69, 9.17) is 9.72 Å². The summed E-state index contributed by atoms with van der Waals surface area (Å²) in [4.78, 5) is 9.57. The van der Waals surface area contributed by atoms with E-state index >= 15 is 0 Å². The van der Waals surface area contributed by atoms with Crippen molar-refractivity contribution in [2.75, 3.05) is 0 Å². The van der Waals surface area contributed by atoms with E-state index in [9.17, 15) is 10.2 Å². The van der Waals surface area contributed by atoms with Gasteiger partial charge in [0.15, 0.2) is 5.82 Å². The largest absolute Gasteiger partial charge is 0.507 e. The van der Waals surface area contributed by atoms with Gasteiger partial charge in [0.2, 0.25) is 5.88 Å². The molecule has 2 N–H and O–H groups in total. The van der Waals surface area contributed by atoms with Gasteiger partial charge in [-0.15, -0.1) is 0 Å². The number of ether oxygens (including phenoxy) is 1. The number of hydrogen-bond acceptors (Lipinski definition) is 5. The highest BCUT2D eigenvalue weighted by molar-refractivity contribution is 5.71. The number of aromatic hydroxyl groups is 2. The van der Waals surface area contributed by atoms with Crippen LogP contribution in [0.4, 0.5) is 0 Å². The first-order valence-electron chi connectivity index (χ1n) is 12.2. The summed E-state index contributed by atoms with van der Waals surface area (Å²) >= 11 is 0. The first-order chi connectivity index (χ1) is 16.7. The molecule has 0 spiro atoms. The van der Waals surface area contributed by atoms with Crippen LogP contribution in [0.1, 0.15) is 54.3 Å². The van der Waals surface area contributed by atoms with Crippen LogP contribution < -0.4 is 4.74 Å². The highest BCUT2D eigenvalue weighted by Gasteiger charge is 2.37. The summed E-state index contributed by atoms with van der Waals surface area (Å²) in [6, 6.07) is 15.3. The van der Waals surface area contributed by atoms with Crippen molar-refractivity contribution in [2.45, 2.75) is 50.0 Å². The van der Waals surface area contributed by atoms with Crippen molar-refractivity contribution < 1.29 is 14.9 Å². The van der Waals surface area contributed by atoms with Crippen LogP contribution in [0.15, 0.2) is 72.8 Å². The van der Waals surface area contributed by atoms with Gasteiger partial charge in [0, 0.05) is 17.9 Å². The van der Waals surface area contributed by atoms with Crippen LogP contribution in [0.3, 0.4) is 0 Å². The van der Waals surface area contributed by atoms with E-state index in [1.165, 1.54) is 11.1 Å². The third kappa shape index (κ3) is 3.75. The van der Waals surface area contributed by atoms with Gasteiger partial charge in [0.1, 0.15) is 23.2 Å². The molecule has 0 bridgehead atoms. The molecule has 2 aromatic carbocycles. The Morgan fingerprint density at radius 3 is 2.44 bits per heavy atom. The van der Waals surface area contributed by atoms with Crippen LogP contribution in [0.2, 0.25) is 0 Å². The third-order valence-electron chi connectivity index (χ3n) is 7.43. The topological polar surface area (TPSA) is 75.5 Å². The van der Waals surface area contributed by atoms with Crippen molar-refractivity contribution >= 4 is 0 Å². The SMILES string of the molecule is Oc1cccc(O)c1-c1nc(OC2CCCC2)cc(C2Cc3ccccc3C3C=CC=CC32)n1. The van der Waals surface area contributed by atoms with E-state index in [1.54, 1.807) is 18.2 Å². The molecule has 0 amide bonds. The van der Waals surface area contributed by atoms with Gasteiger partial charge in [0.05, 0.1) is 5.69 Å². The standard InChI is InChI=1S/C29H28N2O3/c32-25-14-7-15-26(33)28(25)29-30-24(17-27(31-29)34-19-9-2-3-10-19)23-16-18-8-1-4-11-20(18)21-12-5-6-13-22(21)23/h1,4-8,11-15,17,19,21-23,32-33H,2-3,9-10,16H2. The molecular formula is C29H28N2O3. The summed E-state index contributed by atoms with van der Waals surface area (Å²) in [5, 5.41) is 21.1. The molecule has 3 unspecified atom stereocenters. The maximum absolute atomic E-state index is 10.5. The second-order valence-electron chi connectivity index (χ2n) is 9.53. The highest BCUT2D eigenvalue weighted by atomic mass is 16.5. The molecule has 1 aromatic heterocycles. The van der Waals surface area contributed by atoms with Crippen LogP contribution in [0.5, 0.6) is 17.4 Å². The Morgan fingerprint density at radius 2 is 1.62 bits per heavy atom. The molecule has 5 heteroatoms. The smallest absolute Gasteiger partial charge is 0.217 e. The van der Waals surface area contributed by atoms with E-state index in [2.05, 4.69) is 53.6 Å². The number of fused-ring (bicyclic) bond motifs is 3. The number of phenols is 2. The second-order valence-corrected chi connectivity index (χ2v) is 9.53. The molecule has 1 fully saturated rings. The Labute approximate surface area is 199 Å². The van der Waals surface area contributed by atoms with Crippen molar-refractivity contribution in [3.05, 3.63) is 89.7 Å². The summed E-state index contributed by atoms with van der Waals surface area (Å²) in [5.74, 6) is 1.40. The minimum Gasteiger partial charge on any atom is -0.507 e. The van der Waals surface area contributed by atoms with Crippen LogP contribution in [0.25, 0.3) is 11.4 Å². The van der Waals surface area contributed by atoms with Gasteiger partial charge in [0.25, 0.3) is 0 Å². The van der Waals surface area contributed by atoms with Crippen molar-refractivity contribution in [3.8, 4) is 28.8 Å². The van der Waals surface area contributed by atoms with Crippen molar-refractivity contribution in [3.63, 3.8) is 0 Å². The Bertz CT molecular complexity index is 1260. The van der Waals surface area contributed by atoms with Crippen molar-refractivity contribution in [1.82, 2.24) is 9.97 Å². The van der Waals surface area contributed by atoms with E-state index < -0.39 is 0 Å². The fourth-order valence-electron chi connectivity index (χ4n) is 5.78. The van der Waals surface area contributed by atoms with Gasteiger partial charge in [-0.3, -0.25) is 0 Å². The number of nitrogens with zero attached hydrogens (tertiary/aromatic N) is 2. The van der Waals surface area contributed by atoms with E-state index in [-0.39, 0.29) is 40.9 Å². The molecule has 1 saturated carbocycles. The van der Waals surface area contributed by atoms with Gasteiger partial charge >= 0.3 is 0 Å². The number of rotatable bonds is 4. The normalized spacial score (nSPS) is 23.5. The average molecular weight is 453 g/mol. The van der Waals surface area contributed by atoms with Gasteiger partial charge in [-0.2, -0.15) is 4.98 Å². The Morgan fingerprint density at radius 1 is 0.853 bits per heavy atom. The lowest BCUT2D eigenvalue weighted by atomic mass is 9.66. The monoisotopic (exact) mass is 452 g/mol. The summed E-state index contributed by atoms with van der Waals surface area (Å²) in [6.07, 6.45) is 14.2. The van der Waals surface area contributed by atoms with Crippen LogP contribution >= 0.6 is 0 Å². The van der Waals surface area contributed by atoms with Gasteiger partial charge < -0.3 is 14.9 Å². The molecular weight excluding hydrogens is 424 g/mol. The minimum absolute atomic E-state index is 0.0451. The Balaban J connectivity index is 1.47. The predicted molar refractivity (Wildman–Crippen MR) is 131 cm³/mol. The summed E-state index contributed by atoms with van der Waals surface area (Å²) in [5.41, 5.74) is 3.83. The lowest BCUT2D eigenvalue weighted by Gasteiger charge is -2.38. The van der Waals surface area contributed by atoms with Crippen molar-refractivity contribution in [2.24, 2.45) is 5.92 Å². The summed E-state index contributed by atoms with van der Waals surface area (Å²) in [6.45, 7) is 0. The number of aromatic nitrogens is 2. The van der Waals surface area contributed by atoms with Crippen LogP contribution in [0, 0.1) is 5.92 Å².